The van der Waals surface area contributed by atoms with Crippen molar-refractivity contribution in [3.8, 4) is 28.6 Å². The van der Waals surface area contributed by atoms with Crippen LogP contribution in [0.25, 0.3) is 33.3 Å². The fourth-order valence-corrected chi connectivity index (χ4v) is 5.40. The second-order valence-corrected chi connectivity index (χ2v) is 10.3. The van der Waals surface area contributed by atoms with E-state index in [2.05, 4.69) is 17.2 Å². The monoisotopic (exact) mass is 556 g/mol. The van der Waals surface area contributed by atoms with E-state index in [1.807, 2.05) is 55.5 Å². The molecule has 0 saturated heterocycles. The number of nitrogens with zero attached hydrogens (tertiary/aromatic N) is 2. The minimum absolute atomic E-state index is 0.405. The van der Waals surface area contributed by atoms with Crippen molar-refractivity contribution in [2.24, 2.45) is 0 Å². The number of benzene rings is 3. The van der Waals surface area contributed by atoms with Crippen LogP contribution in [0.1, 0.15) is 50.7 Å². The van der Waals surface area contributed by atoms with Crippen molar-refractivity contribution < 1.29 is 33.2 Å². The second kappa shape index (κ2) is 11.2. The van der Waals surface area contributed by atoms with Crippen LogP contribution in [-0.4, -0.2) is 40.2 Å². The minimum Gasteiger partial charge on any atom is -0.493 e. The highest BCUT2D eigenvalue weighted by Gasteiger charge is 2.42. The number of carbonyl (C=O) groups is 1. The van der Waals surface area contributed by atoms with Crippen LogP contribution >= 0.6 is 0 Å². The summed E-state index contributed by atoms with van der Waals surface area (Å²) in [6.07, 6.45) is 3.88. The second-order valence-electron chi connectivity index (χ2n) is 10.3. The van der Waals surface area contributed by atoms with Gasteiger partial charge in [0.15, 0.2) is 11.2 Å². The lowest BCUT2D eigenvalue weighted by molar-refractivity contribution is -0.157. The highest BCUT2D eigenvalue weighted by Crippen LogP contribution is 2.39. The molecule has 9 heteroatoms. The van der Waals surface area contributed by atoms with Gasteiger partial charge in [-0.2, -0.15) is 0 Å². The van der Waals surface area contributed by atoms with E-state index in [9.17, 15) is 9.90 Å². The molecule has 1 N–H and O–H groups in total. The zero-order valence-corrected chi connectivity index (χ0v) is 23.1. The maximum atomic E-state index is 11.8. The SMILES string of the molecule is CCCc1c(OCCCOc2ccc3c(c2)OC(CC)(C(=O)O)CC3)ccc2c(-c3noc4ccccc34)noc12. The predicted octanol–water partition coefficient (Wildman–Crippen LogP) is 6.99. The molecule has 1 aliphatic rings. The molecule has 0 bridgehead atoms. The van der Waals surface area contributed by atoms with Crippen molar-refractivity contribution in [3.05, 3.63) is 65.7 Å². The summed E-state index contributed by atoms with van der Waals surface area (Å²) in [5, 5.41) is 20.0. The van der Waals surface area contributed by atoms with Crippen LogP contribution < -0.4 is 14.2 Å². The van der Waals surface area contributed by atoms with Gasteiger partial charge in [0.05, 0.1) is 24.0 Å². The van der Waals surface area contributed by atoms with Gasteiger partial charge in [0.2, 0.25) is 5.60 Å². The molecule has 0 spiro atoms. The first-order valence-electron chi connectivity index (χ1n) is 14.1. The van der Waals surface area contributed by atoms with Crippen molar-refractivity contribution in [2.75, 3.05) is 13.2 Å². The Morgan fingerprint density at radius 2 is 1.78 bits per heavy atom. The third-order valence-electron chi connectivity index (χ3n) is 7.72. The summed E-state index contributed by atoms with van der Waals surface area (Å²) in [5.41, 5.74) is 3.50. The molecule has 9 nitrogen and oxygen atoms in total. The summed E-state index contributed by atoms with van der Waals surface area (Å²) >= 11 is 0. The van der Waals surface area contributed by atoms with E-state index in [1.54, 1.807) is 6.07 Å². The van der Waals surface area contributed by atoms with E-state index in [4.69, 9.17) is 23.3 Å². The Hall–Kier alpha value is -4.53. The highest BCUT2D eigenvalue weighted by molar-refractivity contribution is 6.00. The van der Waals surface area contributed by atoms with E-state index in [0.29, 0.717) is 72.9 Å². The third-order valence-corrected chi connectivity index (χ3v) is 7.72. The first-order chi connectivity index (χ1) is 20.0. The molecule has 1 unspecified atom stereocenters. The van der Waals surface area contributed by atoms with Gasteiger partial charge in [-0.1, -0.05) is 48.8 Å². The van der Waals surface area contributed by atoms with E-state index >= 15 is 0 Å². The number of aryl methyl sites for hydroxylation is 2. The molecule has 212 valence electrons. The first-order valence-corrected chi connectivity index (χ1v) is 14.1. The number of para-hydroxylation sites is 1. The average molecular weight is 557 g/mol. The number of aromatic nitrogens is 2. The number of hydrogen-bond donors (Lipinski definition) is 1. The van der Waals surface area contributed by atoms with Crippen molar-refractivity contribution in [2.45, 2.75) is 58.0 Å². The quantitative estimate of drug-likeness (QED) is 0.172. The van der Waals surface area contributed by atoms with Gasteiger partial charge in [-0.25, -0.2) is 4.79 Å². The zero-order chi connectivity index (χ0) is 28.4. The molecular weight excluding hydrogens is 524 g/mol. The topological polar surface area (TPSA) is 117 Å². The molecule has 1 atom stereocenters. The Balaban J connectivity index is 1.11. The van der Waals surface area contributed by atoms with Crippen molar-refractivity contribution in [3.63, 3.8) is 0 Å². The van der Waals surface area contributed by atoms with Crippen LogP contribution in [0.2, 0.25) is 0 Å². The van der Waals surface area contributed by atoms with Crippen molar-refractivity contribution >= 4 is 27.9 Å². The van der Waals surface area contributed by atoms with Gasteiger partial charge >= 0.3 is 5.97 Å². The molecule has 0 radical (unpaired) electrons. The highest BCUT2D eigenvalue weighted by atomic mass is 16.5. The first kappa shape index (κ1) is 26.7. The molecule has 3 aromatic carbocycles. The van der Waals surface area contributed by atoms with Crippen LogP contribution in [0.4, 0.5) is 0 Å². The Kier molecular flexibility index (Phi) is 7.26. The Morgan fingerprint density at radius 1 is 0.976 bits per heavy atom. The summed E-state index contributed by atoms with van der Waals surface area (Å²) in [7, 11) is 0. The summed E-state index contributed by atoms with van der Waals surface area (Å²) < 4.78 is 29.4. The van der Waals surface area contributed by atoms with E-state index in [-0.39, 0.29) is 0 Å². The van der Waals surface area contributed by atoms with Crippen molar-refractivity contribution in [1.82, 2.24) is 10.3 Å². The third kappa shape index (κ3) is 4.96. The van der Waals surface area contributed by atoms with Gasteiger partial charge in [-0.05, 0) is 55.2 Å². The fraction of sp³-hybridized carbons (Fsp3) is 0.344. The number of carboxylic acids is 1. The molecule has 3 heterocycles. The number of carboxylic acid groups (broad SMARTS) is 1. The molecule has 0 amide bonds. The largest absolute Gasteiger partial charge is 0.493 e. The Morgan fingerprint density at radius 3 is 2.61 bits per heavy atom. The lowest BCUT2D eigenvalue weighted by atomic mass is 9.89. The molecule has 0 fully saturated rings. The molecule has 0 saturated carbocycles. The summed E-state index contributed by atoms with van der Waals surface area (Å²) in [4.78, 5) is 11.8. The fourth-order valence-electron chi connectivity index (χ4n) is 5.40. The van der Waals surface area contributed by atoms with Crippen LogP contribution in [-0.2, 0) is 17.6 Å². The van der Waals surface area contributed by atoms with Crippen LogP contribution in [0.15, 0.2) is 63.6 Å². The minimum atomic E-state index is -1.18. The Labute approximate surface area is 237 Å². The van der Waals surface area contributed by atoms with Crippen LogP contribution in [0.3, 0.4) is 0 Å². The van der Waals surface area contributed by atoms with Gasteiger partial charge < -0.3 is 28.4 Å². The van der Waals surface area contributed by atoms with Gasteiger partial charge in [0.25, 0.3) is 0 Å². The molecule has 0 aliphatic carbocycles. The average Bonchev–Trinajstić information content (AvgIpc) is 3.61. The van der Waals surface area contributed by atoms with Crippen LogP contribution in [0.5, 0.6) is 17.2 Å². The normalized spacial score (nSPS) is 16.4. The Bertz CT molecular complexity index is 1710. The predicted molar refractivity (Wildman–Crippen MR) is 153 cm³/mol. The van der Waals surface area contributed by atoms with Crippen LogP contribution in [0, 0.1) is 0 Å². The maximum Gasteiger partial charge on any atom is 0.348 e. The lowest BCUT2D eigenvalue weighted by Crippen LogP contribution is -2.46. The lowest BCUT2D eigenvalue weighted by Gasteiger charge is -2.34. The molecule has 1 aliphatic heterocycles. The molecule has 41 heavy (non-hydrogen) atoms. The smallest absolute Gasteiger partial charge is 0.348 e. The summed E-state index contributed by atoms with van der Waals surface area (Å²) in [6, 6.07) is 17.2. The van der Waals surface area contributed by atoms with Gasteiger partial charge in [0, 0.05) is 24.5 Å². The number of ether oxygens (including phenoxy) is 3. The van der Waals surface area contributed by atoms with Crippen molar-refractivity contribution in [1.29, 1.82) is 0 Å². The number of fused-ring (bicyclic) bond motifs is 3. The number of rotatable bonds is 11. The standard InChI is InChI=1S/C32H32N2O7/c1-3-8-23-25(14-13-24-29(34-41-30(23)24)28-22-9-5-6-10-26(22)40-33-28)38-18-7-17-37-21-12-11-20-15-16-32(4-2,31(35)36)39-27(20)19-21/h5-6,9-14,19H,3-4,7-8,15-18H2,1-2H3,(H,35,36). The summed E-state index contributed by atoms with van der Waals surface area (Å²) in [5.74, 6) is 1.06. The van der Waals surface area contributed by atoms with E-state index in [1.165, 1.54) is 0 Å². The van der Waals surface area contributed by atoms with E-state index < -0.39 is 11.6 Å². The number of hydrogen-bond acceptors (Lipinski definition) is 8. The zero-order valence-electron chi connectivity index (χ0n) is 23.1. The molecular formula is C32H32N2O7. The van der Waals surface area contributed by atoms with Gasteiger partial charge in [-0.3, -0.25) is 0 Å². The molecule has 5 aromatic rings. The summed E-state index contributed by atoms with van der Waals surface area (Å²) in [6.45, 7) is 4.84. The maximum absolute atomic E-state index is 11.8. The number of aliphatic carboxylic acids is 1. The van der Waals surface area contributed by atoms with Gasteiger partial charge in [0.1, 0.15) is 28.6 Å². The van der Waals surface area contributed by atoms with Gasteiger partial charge in [-0.15, -0.1) is 0 Å². The molecule has 6 rings (SSSR count). The molecule has 2 aromatic heterocycles. The van der Waals surface area contributed by atoms with E-state index in [0.717, 1.165) is 40.5 Å².